The van der Waals surface area contributed by atoms with E-state index in [2.05, 4.69) is 68.4 Å². The van der Waals surface area contributed by atoms with Crippen molar-refractivity contribution in [3.05, 3.63) is 205 Å². The highest BCUT2D eigenvalue weighted by atomic mass is 79.9. The summed E-state index contributed by atoms with van der Waals surface area (Å²) in [5, 5.41) is 2.69. The Hall–Kier alpha value is -7.16. The number of fused-ring (bicyclic) bond motifs is 3. The molecule has 0 spiro atoms. The Morgan fingerprint density at radius 3 is 1.24 bits per heavy atom. The Balaban J connectivity index is 0.000000160. The average Bonchev–Trinajstić information content (AvgIpc) is 3.54. The zero-order valence-electron chi connectivity index (χ0n) is 31.2. The quantitative estimate of drug-likeness (QED) is 0.118. The summed E-state index contributed by atoms with van der Waals surface area (Å²) >= 11 is 3.68. The SMILES string of the molecule is BrCc1c(-c2ccccc2)nc2ncccc2c1-c1ccccc1.O=C1c2ccccc2C(=O)N1Cc1c(-c2ccccc2)nc2ncccc2c1-c1ccccc1. The van der Waals surface area contributed by atoms with Crippen molar-refractivity contribution in [1.29, 1.82) is 0 Å². The van der Waals surface area contributed by atoms with E-state index in [-0.39, 0.29) is 18.4 Å². The van der Waals surface area contributed by atoms with Crippen LogP contribution in [0.1, 0.15) is 31.8 Å². The minimum atomic E-state index is -0.287. The van der Waals surface area contributed by atoms with Crippen LogP contribution in [0.15, 0.2) is 182 Å². The van der Waals surface area contributed by atoms with E-state index < -0.39 is 0 Å². The second kappa shape index (κ2) is 16.1. The van der Waals surface area contributed by atoms with Crippen LogP contribution in [0.3, 0.4) is 0 Å². The van der Waals surface area contributed by atoms with Gasteiger partial charge in [0.25, 0.3) is 11.8 Å². The van der Waals surface area contributed by atoms with Crippen LogP contribution in [0.2, 0.25) is 0 Å². The van der Waals surface area contributed by atoms with E-state index in [9.17, 15) is 9.59 Å². The van der Waals surface area contributed by atoms with Gasteiger partial charge in [0.2, 0.25) is 0 Å². The van der Waals surface area contributed by atoms with Gasteiger partial charge in [-0.25, -0.2) is 19.9 Å². The Morgan fingerprint density at radius 1 is 0.431 bits per heavy atom. The van der Waals surface area contributed by atoms with Crippen molar-refractivity contribution in [2.45, 2.75) is 11.9 Å². The molecule has 10 rings (SSSR count). The molecule has 7 nitrogen and oxygen atoms in total. The number of amides is 2. The molecule has 5 aromatic carbocycles. The van der Waals surface area contributed by atoms with Crippen LogP contribution in [-0.4, -0.2) is 36.7 Å². The summed E-state index contributed by atoms with van der Waals surface area (Å²) in [6, 6.07) is 55.4. The van der Waals surface area contributed by atoms with Gasteiger partial charge in [0.05, 0.1) is 29.1 Å². The Morgan fingerprint density at radius 2 is 0.810 bits per heavy atom. The summed E-state index contributed by atoms with van der Waals surface area (Å²) in [6.45, 7) is 0.110. The maximum atomic E-state index is 13.2. The molecule has 0 N–H and O–H groups in total. The van der Waals surface area contributed by atoms with Crippen LogP contribution in [0.5, 0.6) is 0 Å². The summed E-state index contributed by atoms with van der Waals surface area (Å²) in [5.41, 5.74) is 12.3. The number of carbonyl (C=O) groups is 2. The van der Waals surface area contributed by atoms with Crippen molar-refractivity contribution in [2.75, 3.05) is 0 Å². The lowest BCUT2D eigenvalue weighted by Crippen LogP contribution is -2.29. The number of halogens is 1. The fourth-order valence-electron chi connectivity index (χ4n) is 7.63. The predicted molar refractivity (Wildman–Crippen MR) is 234 cm³/mol. The molecule has 0 saturated carbocycles. The van der Waals surface area contributed by atoms with Crippen molar-refractivity contribution in [2.24, 2.45) is 0 Å². The van der Waals surface area contributed by atoms with Gasteiger partial charge in [0.15, 0.2) is 11.3 Å². The molecule has 1 aliphatic rings. The van der Waals surface area contributed by atoms with E-state index >= 15 is 0 Å². The molecular weight excluding hydrogens is 782 g/mol. The normalized spacial score (nSPS) is 12.1. The highest BCUT2D eigenvalue weighted by Gasteiger charge is 2.36. The Bertz CT molecular complexity index is 2910. The minimum Gasteiger partial charge on any atom is -0.270 e. The Kier molecular flexibility index (Phi) is 10.1. The maximum Gasteiger partial charge on any atom is 0.261 e. The second-order valence-corrected chi connectivity index (χ2v) is 14.3. The average molecular weight is 817 g/mol. The van der Waals surface area contributed by atoms with Crippen LogP contribution in [0.25, 0.3) is 66.8 Å². The van der Waals surface area contributed by atoms with Crippen LogP contribution < -0.4 is 0 Å². The number of rotatable bonds is 7. The Labute approximate surface area is 343 Å². The lowest BCUT2D eigenvalue weighted by atomic mass is 9.92. The molecule has 0 radical (unpaired) electrons. The number of aromatic nitrogens is 4. The highest BCUT2D eigenvalue weighted by Crippen LogP contribution is 2.40. The topological polar surface area (TPSA) is 88.9 Å². The van der Waals surface area contributed by atoms with Gasteiger partial charge in [-0.3, -0.25) is 14.5 Å². The molecule has 0 aliphatic carbocycles. The van der Waals surface area contributed by atoms with Crippen LogP contribution in [0.4, 0.5) is 0 Å². The molecule has 4 aromatic heterocycles. The standard InChI is InChI=1S/C29H19N3O2.C21H15BrN2/c33-28-21-14-7-8-15-22(21)29(34)32(28)18-24-25(19-10-3-1-4-11-19)23-16-9-17-30-27(23)31-26(24)20-12-5-2-6-13-20;22-14-18-19(15-8-3-1-4-9-15)17-12-7-13-23-21(17)24-20(18)16-10-5-2-6-11-16/h1-17H,18H2;1-13H,14H2. The first kappa shape index (κ1) is 36.5. The fraction of sp³-hybridized carbons (Fsp3) is 0.0400. The molecule has 0 unspecified atom stereocenters. The molecule has 0 bridgehead atoms. The number of pyridine rings is 4. The van der Waals surface area contributed by atoms with E-state index in [1.54, 1.807) is 36.7 Å². The third-order valence-corrected chi connectivity index (χ3v) is 10.8. The highest BCUT2D eigenvalue weighted by molar-refractivity contribution is 9.08. The molecule has 278 valence electrons. The molecule has 9 aromatic rings. The van der Waals surface area contributed by atoms with Gasteiger partial charge in [0.1, 0.15) is 0 Å². The third-order valence-electron chi connectivity index (χ3n) is 10.3. The molecule has 0 atom stereocenters. The largest absolute Gasteiger partial charge is 0.270 e. The van der Waals surface area contributed by atoms with Crippen molar-refractivity contribution >= 4 is 49.8 Å². The number of nitrogens with zero attached hydrogens (tertiary/aromatic N) is 5. The van der Waals surface area contributed by atoms with E-state index in [4.69, 9.17) is 9.97 Å². The molecular formula is C50H34BrN5O2. The second-order valence-electron chi connectivity index (χ2n) is 13.7. The van der Waals surface area contributed by atoms with E-state index in [1.807, 2.05) is 103 Å². The van der Waals surface area contributed by atoms with Gasteiger partial charge in [-0.2, -0.15) is 0 Å². The molecule has 1 aliphatic heterocycles. The van der Waals surface area contributed by atoms with Crippen LogP contribution in [-0.2, 0) is 11.9 Å². The molecule has 5 heterocycles. The van der Waals surface area contributed by atoms with Crippen LogP contribution in [0, 0.1) is 0 Å². The van der Waals surface area contributed by atoms with Gasteiger partial charge in [-0.1, -0.05) is 149 Å². The summed E-state index contributed by atoms with van der Waals surface area (Å²) in [7, 11) is 0. The van der Waals surface area contributed by atoms with Gasteiger partial charge in [-0.15, -0.1) is 0 Å². The maximum absolute atomic E-state index is 13.2. The molecule has 8 heteroatoms. The number of hydrogen-bond donors (Lipinski definition) is 0. The lowest BCUT2D eigenvalue weighted by Gasteiger charge is -2.21. The summed E-state index contributed by atoms with van der Waals surface area (Å²) in [6.07, 6.45) is 3.52. The molecule has 2 amide bonds. The molecule has 58 heavy (non-hydrogen) atoms. The van der Waals surface area contributed by atoms with Gasteiger partial charge >= 0.3 is 0 Å². The number of hydrogen-bond acceptors (Lipinski definition) is 6. The van der Waals surface area contributed by atoms with Crippen molar-refractivity contribution in [3.8, 4) is 44.8 Å². The van der Waals surface area contributed by atoms with E-state index in [0.29, 0.717) is 22.5 Å². The zero-order valence-corrected chi connectivity index (χ0v) is 32.8. The zero-order chi connectivity index (χ0) is 39.4. The van der Waals surface area contributed by atoms with Gasteiger partial charge < -0.3 is 0 Å². The van der Waals surface area contributed by atoms with Crippen LogP contribution >= 0.6 is 15.9 Å². The van der Waals surface area contributed by atoms with E-state index in [0.717, 1.165) is 55.3 Å². The molecule has 0 fully saturated rings. The smallest absolute Gasteiger partial charge is 0.261 e. The van der Waals surface area contributed by atoms with Crippen molar-refractivity contribution in [1.82, 2.24) is 24.8 Å². The third kappa shape index (κ3) is 6.84. The fourth-order valence-corrected chi connectivity index (χ4v) is 8.18. The summed E-state index contributed by atoms with van der Waals surface area (Å²) in [4.78, 5) is 46.6. The lowest BCUT2D eigenvalue weighted by molar-refractivity contribution is 0.0642. The number of benzene rings is 5. The first-order valence-electron chi connectivity index (χ1n) is 18.9. The van der Waals surface area contributed by atoms with E-state index in [1.165, 1.54) is 21.6 Å². The number of imide groups is 1. The van der Waals surface area contributed by atoms with Crippen molar-refractivity contribution in [3.63, 3.8) is 0 Å². The van der Waals surface area contributed by atoms with Gasteiger partial charge in [0, 0.05) is 45.2 Å². The molecule has 0 saturated heterocycles. The summed E-state index contributed by atoms with van der Waals surface area (Å²) in [5.74, 6) is -0.574. The monoisotopic (exact) mass is 815 g/mol. The predicted octanol–water partition coefficient (Wildman–Crippen LogP) is 11.6. The van der Waals surface area contributed by atoms with Gasteiger partial charge in [-0.05, 0) is 64.2 Å². The number of alkyl halides is 1. The number of carbonyl (C=O) groups excluding carboxylic acids is 2. The summed E-state index contributed by atoms with van der Waals surface area (Å²) < 4.78 is 0. The first-order chi connectivity index (χ1) is 28.6. The van der Waals surface area contributed by atoms with Crippen molar-refractivity contribution < 1.29 is 9.59 Å². The first-order valence-corrected chi connectivity index (χ1v) is 20.0. The minimum absolute atomic E-state index is 0.110.